The molecule has 0 saturated heterocycles. The summed E-state index contributed by atoms with van der Waals surface area (Å²) in [6.07, 6.45) is 5.26. The van der Waals surface area contributed by atoms with E-state index in [1.165, 1.54) is 16.9 Å². The average molecular weight is 330 g/mol. The molecule has 0 bridgehead atoms. The van der Waals surface area contributed by atoms with Crippen LogP contribution in [0.15, 0.2) is 22.4 Å². The van der Waals surface area contributed by atoms with E-state index in [-0.39, 0.29) is 22.5 Å². The van der Waals surface area contributed by atoms with E-state index in [0.29, 0.717) is 0 Å². The van der Waals surface area contributed by atoms with Crippen molar-refractivity contribution in [1.29, 1.82) is 0 Å². The van der Waals surface area contributed by atoms with Crippen LogP contribution in [0.5, 0.6) is 0 Å². The minimum Gasteiger partial charge on any atom is -0.464 e. The molecular weight excluding hydrogens is 312 g/mol. The first kappa shape index (κ1) is 16.1. The van der Waals surface area contributed by atoms with E-state index in [1.54, 1.807) is 6.08 Å². The molecule has 1 aliphatic rings. The molecule has 0 radical (unpaired) electrons. The zero-order chi connectivity index (χ0) is 15.5. The highest BCUT2D eigenvalue weighted by molar-refractivity contribution is 7.91. The van der Waals surface area contributed by atoms with Crippen LogP contribution in [-0.2, 0) is 14.8 Å². The van der Waals surface area contributed by atoms with E-state index in [9.17, 15) is 13.2 Å². The maximum absolute atomic E-state index is 12.9. The summed E-state index contributed by atoms with van der Waals surface area (Å²) in [5, 5.41) is 0. The molecule has 1 saturated carbocycles. The van der Waals surface area contributed by atoms with Gasteiger partial charge in [-0.2, -0.15) is 4.31 Å². The second-order valence-electron chi connectivity index (χ2n) is 4.78. The highest BCUT2D eigenvalue weighted by Gasteiger charge is 2.36. The molecule has 116 valence electrons. The molecule has 0 N–H and O–H groups in total. The number of carbonyl (C=O) groups is 1. The van der Waals surface area contributed by atoms with E-state index in [4.69, 9.17) is 0 Å². The van der Waals surface area contributed by atoms with Crippen LogP contribution < -0.4 is 0 Å². The number of esters is 1. The van der Waals surface area contributed by atoms with Crippen molar-refractivity contribution in [2.24, 2.45) is 0 Å². The van der Waals surface area contributed by atoms with Crippen molar-refractivity contribution >= 4 is 27.3 Å². The maximum atomic E-state index is 12.9. The Kier molecular flexibility index (Phi) is 5.13. The molecule has 0 unspecified atom stereocenters. The number of aromatic nitrogens is 1. The minimum absolute atomic E-state index is 0.0411. The lowest BCUT2D eigenvalue weighted by molar-refractivity contribution is 0.0590. The predicted molar refractivity (Wildman–Crippen MR) is 79.8 cm³/mol. The van der Waals surface area contributed by atoms with E-state index in [2.05, 4.69) is 16.3 Å². The third kappa shape index (κ3) is 3.17. The van der Waals surface area contributed by atoms with Crippen molar-refractivity contribution in [3.8, 4) is 0 Å². The Hall–Kier alpha value is -1.25. The van der Waals surface area contributed by atoms with Gasteiger partial charge in [0.2, 0.25) is 0 Å². The second kappa shape index (κ2) is 6.67. The number of methoxy groups -OCH3 is 1. The normalized spacial score (nSPS) is 16.3. The summed E-state index contributed by atoms with van der Waals surface area (Å²) in [6, 6.07) is -0.0411. The first-order valence-electron chi connectivity index (χ1n) is 6.67. The van der Waals surface area contributed by atoms with Gasteiger partial charge in [-0.1, -0.05) is 18.9 Å². The third-order valence-electron chi connectivity index (χ3n) is 3.50. The van der Waals surface area contributed by atoms with Crippen LogP contribution in [0.25, 0.3) is 0 Å². The van der Waals surface area contributed by atoms with Crippen LogP contribution in [0, 0.1) is 0 Å². The number of hydrogen-bond donors (Lipinski definition) is 0. The maximum Gasteiger partial charge on any atom is 0.358 e. The number of carbonyl (C=O) groups excluding carboxylic acids is 1. The molecule has 6 nitrogen and oxygen atoms in total. The standard InChI is InChI=1S/C13H18N2O4S2/c1-3-8-15(10-6-4-5-7-10)21(17,18)13-11(12(16)19-2)14-9-20-13/h3,9-10H,1,4-8H2,2H3. The van der Waals surface area contributed by atoms with Gasteiger partial charge in [0.1, 0.15) is 0 Å². The van der Waals surface area contributed by atoms with Gasteiger partial charge < -0.3 is 4.74 Å². The van der Waals surface area contributed by atoms with Crippen LogP contribution in [-0.4, -0.2) is 43.4 Å². The molecule has 0 amide bonds. The fourth-order valence-corrected chi connectivity index (χ4v) is 5.42. The average Bonchev–Trinajstić information content (AvgIpc) is 3.14. The van der Waals surface area contributed by atoms with Gasteiger partial charge in [-0.25, -0.2) is 18.2 Å². The zero-order valence-electron chi connectivity index (χ0n) is 11.8. The van der Waals surface area contributed by atoms with Crippen LogP contribution in [0.4, 0.5) is 0 Å². The van der Waals surface area contributed by atoms with Gasteiger partial charge in [0, 0.05) is 12.6 Å². The monoisotopic (exact) mass is 330 g/mol. The first-order chi connectivity index (χ1) is 10.0. The Bertz CT molecular complexity index is 618. The van der Waals surface area contributed by atoms with Crippen molar-refractivity contribution in [3.05, 3.63) is 23.9 Å². The Balaban J connectivity index is 2.41. The van der Waals surface area contributed by atoms with Gasteiger partial charge in [0.25, 0.3) is 10.0 Å². The van der Waals surface area contributed by atoms with Crippen molar-refractivity contribution in [2.75, 3.05) is 13.7 Å². The van der Waals surface area contributed by atoms with E-state index >= 15 is 0 Å². The molecule has 2 rings (SSSR count). The predicted octanol–water partition coefficient (Wildman–Crippen LogP) is 2.05. The second-order valence-corrected chi connectivity index (χ2v) is 7.72. The molecule has 1 heterocycles. The van der Waals surface area contributed by atoms with Crippen molar-refractivity contribution in [2.45, 2.75) is 35.9 Å². The third-order valence-corrected chi connectivity index (χ3v) is 6.76. The largest absolute Gasteiger partial charge is 0.464 e. The van der Waals surface area contributed by atoms with Crippen LogP contribution in [0.1, 0.15) is 36.2 Å². The Labute approximate surface area is 128 Å². The number of nitrogens with zero attached hydrogens (tertiary/aromatic N) is 2. The quantitative estimate of drug-likeness (QED) is 0.589. The summed E-state index contributed by atoms with van der Waals surface area (Å²) in [5.41, 5.74) is 1.20. The summed E-state index contributed by atoms with van der Waals surface area (Å²) in [6.45, 7) is 3.86. The highest BCUT2D eigenvalue weighted by Crippen LogP contribution is 2.31. The smallest absolute Gasteiger partial charge is 0.358 e. The lowest BCUT2D eigenvalue weighted by atomic mass is 10.2. The molecule has 1 fully saturated rings. The molecule has 0 spiro atoms. The van der Waals surface area contributed by atoms with Gasteiger partial charge in [-0.15, -0.1) is 17.9 Å². The summed E-state index contributed by atoms with van der Waals surface area (Å²) < 4.78 is 31.7. The molecule has 1 aromatic rings. The van der Waals surface area contributed by atoms with Crippen LogP contribution in [0.3, 0.4) is 0 Å². The minimum atomic E-state index is -3.77. The molecule has 21 heavy (non-hydrogen) atoms. The molecule has 0 atom stereocenters. The fourth-order valence-electron chi connectivity index (χ4n) is 2.52. The summed E-state index contributed by atoms with van der Waals surface area (Å²) in [5.74, 6) is -0.736. The van der Waals surface area contributed by atoms with Crippen molar-refractivity contribution < 1.29 is 17.9 Å². The summed E-state index contributed by atoms with van der Waals surface area (Å²) >= 11 is 0.937. The van der Waals surface area contributed by atoms with Gasteiger partial charge in [0.05, 0.1) is 12.6 Å². The van der Waals surface area contributed by atoms with E-state index < -0.39 is 16.0 Å². The van der Waals surface area contributed by atoms with Crippen molar-refractivity contribution in [1.82, 2.24) is 9.29 Å². The van der Waals surface area contributed by atoms with Crippen LogP contribution in [0.2, 0.25) is 0 Å². The fraction of sp³-hybridized carbons (Fsp3) is 0.538. The molecular formula is C13H18N2O4S2. The van der Waals surface area contributed by atoms with E-state index in [1.807, 2.05) is 0 Å². The van der Waals surface area contributed by atoms with Gasteiger partial charge in [-0.3, -0.25) is 0 Å². The summed E-state index contributed by atoms with van der Waals surface area (Å²) in [7, 11) is -2.57. The molecule has 0 aromatic carbocycles. The lowest BCUT2D eigenvalue weighted by Gasteiger charge is -2.26. The van der Waals surface area contributed by atoms with Gasteiger partial charge in [0.15, 0.2) is 9.90 Å². The highest BCUT2D eigenvalue weighted by atomic mass is 32.2. The Morgan fingerprint density at radius 3 is 2.81 bits per heavy atom. The van der Waals surface area contributed by atoms with Gasteiger partial charge in [-0.05, 0) is 12.8 Å². The summed E-state index contributed by atoms with van der Waals surface area (Å²) in [4.78, 5) is 15.5. The first-order valence-corrected chi connectivity index (χ1v) is 8.99. The number of sulfonamides is 1. The number of thiazole rings is 1. The zero-order valence-corrected chi connectivity index (χ0v) is 13.5. The van der Waals surface area contributed by atoms with Gasteiger partial charge >= 0.3 is 5.97 Å². The topological polar surface area (TPSA) is 76.6 Å². The number of hydrogen-bond acceptors (Lipinski definition) is 6. The Morgan fingerprint density at radius 2 is 2.24 bits per heavy atom. The Morgan fingerprint density at radius 1 is 1.57 bits per heavy atom. The molecule has 1 aliphatic carbocycles. The molecule has 8 heteroatoms. The lowest BCUT2D eigenvalue weighted by Crippen LogP contribution is -2.39. The molecule has 1 aromatic heterocycles. The number of ether oxygens (including phenoxy) is 1. The molecule has 0 aliphatic heterocycles. The number of rotatable bonds is 6. The van der Waals surface area contributed by atoms with E-state index in [0.717, 1.165) is 37.0 Å². The van der Waals surface area contributed by atoms with Crippen LogP contribution >= 0.6 is 11.3 Å². The van der Waals surface area contributed by atoms with Crippen molar-refractivity contribution in [3.63, 3.8) is 0 Å². The SMILES string of the molecule is C=CCN(C1CCCC1)S(=O)(=O)c1scnc1C(=O)OC.